The number of thiophene rings is 1. The third-order valence-corrected chi connectivity index (χ3v) is 7.15. The Morgan fingerprint density at radius 3 is 2.13 bits per heavy atom. The lowest BCUT2D eigenvalue weighted by Crippen LogP contribution is -2.10. The molecule has 0 radical (unpaired) electrons. The Kier molecular flexibility index (Phi) is 4.72. The number of benzene rings is 3. The second-order valence-corrected chi connectivity index (χ2v) is 10.2. The first kappa shape index (κ1) is 19.1. The van der Waals surface area contributed by atoms with Gasteiger partial charge in [-0.25, -0.2) is 0 Å². The van der Waals surface area contributed by atoms with Crippen molar-refractivity contribution in [1.29, 1.82) is 0 Å². The van der Waals surface area contributed by atoms with Gasteiger partial charge in [0.25, 0.3) is 0 Å². The quantitative estimate of drug-likeness (QED) is 0.320. The van der Waals surface area contributed by atoms with E-state index in [0.717, 1.165) is 6.42 Å². The summed E-state index contributed by atoms with van der Waals surface area (Å²) in [7, 11) is 0. The summed E-state index contributed by atoms with van der Waals surface area (Å²) in [5.74, 6) is 0. The van der Waals surface area contributed by atoms with Gasteiger partial charge in [-0.2, -0.15) is 0 Å². The predicted octanol–water partition coefficient (Wildman–Crippen LogP) is 8.48. The third kappa shape index (κ3) is 3.55. The van der Waals surface area contributed by atoms with Crippen molar-refractivity contribution in [2.75, 3.05) is 0 Å². The van der Waals surface area contributed by atoms with Crippen LogP contribution in [0.2, 0.25) is 0 Å². The van der Waals surface area contributed by atoms with Gasteiger partial charge in [0.05, 0.1) is 0 Å². The Hall–Kier alpha value is -2.90. The minimum absolute atomic E-state index is 0.180. The van der Waals surface area contributed by atoms with Crippen LogP contribution in [0.15, 0.2) is 84.9 Å². The van der Waals surface area contributed by atoms with E-state index in [1.807, 2.05) is 11.3 Å². The number of rotatable bonds is 3. The molecule has 1 heterocycles. The largest absolute Gasteiger partial charge is 0.136 e. The molecule has 4 aromatic rings. The number of fused-ring (bicyclic) bond motifs is 1. The maximum Gasteiger partial charge on any atom is 0.0349 e. The molecule has 0 saturated heterocycles. The zero-order valence-corrected chi connectivity index (χ0v) is 18.6. The smallest absolute Gasteiger partial charge is 0.0349 e. The number of hydrogen-bond acceptors (Lipinski definition) is 1. The van der Waals surface area contributed by atoms with Gasteiger partial charge in [0.2, 0.25) is 0 Å². The average molecular weight is 407 g/mol. The zero-order chi connectivity index (χ0) is 20.7. The van der Waals surface area contributed by atoms with Crippen molar-refractivity contribution in [3.8, 4) is 21.6 Å². The summed E-state index contributed by atoms with van der Waals surface area (Å²) in [5, 5.41) is 0. The first-order valence-electron chi connectivity index (χ1n) is 10.6. The maximum absolute atomic E-state index is 2.41. The van der Waals surface area contributed by atoms with Crippen LogP contribution in [0.3, 0.4) is 0 Å². The lowest BCUT2D eigenvalue weighted by molar-refractivity contribution is 0.590. The molecule has 0 unspecified atom stereocenters. The fourth-order valence-electron chi connectivity index (χ4n) is 4.20. The molecule has 1 aliphatic carbocycles. The molecular weight excluding hydrogens is 380 g/mol. The molecule has 0 fully saturated rings. The molecule has 0 amide bonds. The van der Waals surface area contributed by atoms with Crippen molar-refractivity contribution in [3.05, 3.63) is 106 Å². The van der Waals surface area contributed by atoms with E-state index in [0.29, 0.717) is 0 Å². The highest BCUT2D eigenvalue weighted by Gasteiger charge is 2.20. The summed E-state index contributed by atoms with van der Waals surface area (Å²) < 4.78 is 0. The van der Waals surface area contributed by atoms with Crippen LogP contribution in [0.25, 0.3) is 33.2 Å². The molecule has 0 atom stereocenters. The summed E-state index contributed by atoms with van der Waals surface area (Å²) in [6.45, 7) is 6.80. The molecule has 148 valence electrons. The zero-order valence-electron chi connectivity index (χ0n) is 17.8. The van der Waals surface area contributed by atoms with Gasteiger partial charge < -0.3 is 0 Å². The van der Waals surface area contributed by atoms with Crippen molar-refractivity contribution in [1.82, 2.24) is 0 Å². The highest BCUT2D eigenvalue weighted by atomic mass is 32.1. The molecule has 1 heteroatoms. The van der Waals surface area contributed by atoms with Gasteiger partial charge in [-0.3, -0.25) is 0 Å². The minimum atomic E-state index is 0.180. The summed E-state index contributed by atoms with van der Waals surface area (Å²) >= 11 is 1.89. The molecule has 5 rings (SSSR count). The molecule has 0 aliphatic heterocycles. The first-order chi connectivity index (χ1) is 14.5. The lowest BCUT2D eigenvalue weighted by atomic mass is 9.86. The predicted molar refractivity (Wildman–Crippen MR) is 132 cm³/mol. The highest BCUT2D eigenvalue weighted by Crippen LogP contribution is 2.41. The van der Waals surface area contributed by atoms with E-state index in [1.165, 1.54) is 48.7 Å². The fraction of sp³-hybridized carbons (Fsp3) is 0.172. The Balaban J connectivity index is 1.49. The van der Waals surface area contributed by atoms with Crippen LogP contribution in [0.1, 0.15) is 42.3 Å². The summed E-state index contributed by atoms with van der Waals surface area (Å²) in [6.07, 6.45) is 3.42. The second-order valence-electron chi connectivity index (χ2n) is 9.08. The van der Waals surface area contributed by atoms with Crippen LogP contribution >= 0.6 is 11.3 Å². The minimum Gasteiger partial charge on any atom is -0.136 e. The van der Waals surface area contributed by atoms with Gasteiger partial charge >= 0.3 is 0 Å². The SMILES string of the molecule is CC(C)(C)c1ccc(-c2cccc3c2C=C(c2ccc(-c4ccccc4)s2)C3)cc1. The van der Waals surface area contributed by atoms with Crippen LogP contribution in [0.5, 0.6) is 0 Å². The van der Waals surface area contributed by atoms with Crippen LogP contribution in [-0.2, 0) is 11.8 Å². The highest BCUT2D eigenvalue weighted by molar-refractivity contribution is 7.16. The van der Waals surface area contributed by atoms with Crippen molar-refractivity contribution in [3.63, 3.8) is 0 Å². The Bertz CT molecular complexity index is 1220. The van der Waals surface area contributed by atoms with Gasteiger partial charge in [0, 0.05) is 9.75 Å². The van der Waals surface area contributed by atoms with Gasteiger partial charge in [0.15, 0.2) is 0 Å². The Morgan fingerprint density at radius 2 is 1.40 bits per heavy atom. The Morgan fingerprint density at radius 1 is 0.667 bits per heavy atom. The fourth-order valence-corrected chi connectivity index (χ4v) is 5.22. The average Bonchev–Trinajstić information content (AvgIpc) is 3.41. The molecule has 30 heavy (non-hydrogen) atoms. The van der Waals surface area contributed by atoms with Gasteiger partial charge in [0.1, 0.15) is 0 Å². The van der Waals surface area contributed by atoms with E-state index < -0.39 is 0 Å². The summed E-state index contributed by atoms with van der Waals surface area (Å²) in [6, 6.07) is 31.0. The summed E-state index contributed by atoms with van der Waals surface area (Å²) in [5.41, 5.74) is 9.72. The molecule has 1 aliphatic rings. The van der Waals surface area contributed by atoms with Crippen molar-refractivity contribution in [2.24, 2.45) is 0 Å². The van der Waals surface area contributed by atoms with Crippen LogP contribution < -0.4 is 0 Å². The van der Waals surface area contributed by atoms with Crippen molar-refractivity contribution < 1.29 is 0 Å². The van der Waals surface area contributed by atoms with Crippen molar-refractivity contribution >= 4 is 23.0 Å². The van der Waals surface area contributed by atoms with Crippen LogP contribution in [-0.4, -0.2) is 0 Å². The molecule has 0 spiro atoms. The monoisotopic (exact) mass is 406 g/mol. The third-order valence-electron chi connectivity index (χ3n) is 5.94. The van der Waals surface area contributed by atoms with E-state index in [4.69, 9.17) is 0 Å². The van der Waals surface area contributed by atoms with Gasteiger partial charge in [-0.15, -0.1) is 11.3 Å². The van der Waals surface area contributed by atoms with E-state index in [1.54, 1.807) is 0 Å². The topological polar surface area (TPSA) is 0 Å². The number of hydrogen-bond donors (Lipinski definition) is 0. The molecule has 3 aromatic carbocycles. The lowest BCUT2D eigenvalue weighted by Gasteiger charge is -2.19. The van der Waals surface area contributed by atoms with Crippen molar-refractivity contribution in [2.45, 2.75) is 32.6 Å². The standard InChI is InChI=1S/C29H26S/c1-29(2,3)24-14-12-20(13-15-24)25-11-7-10-22-18-23(19-26(22)25)28-17-16-27(30-28)21-8-5-4-6-9-21/h4-17,19H,18H2,1-3H3. The molecule has 0 N–H and O–H groups in total. The van der Waals surface area contributed by atoms with Gasteiger partial charge in [-0.05, 0) is 69.0 Å². The Labute approximate surface area is 183 Å². The normalized spacial score (nSPS) is 13.2. The molecular formula is C29H26S. The van der Waals surface area contributed by atoms with E-state index in [2.05, 4.69) is 112 Å². The van der Waals surface area contributed by atoms with E-state index in [-0.39, 0.29) is 5.41 Å². The second kappa shape index (κ2) is 7.41. The van der Waals surface area contributed by atoms with E-state index >= 15 is 0 Å². The molecule has 0 saturated carbocycles. The number of allylic oxidation sites excluding steroid dienone is 1. The molecule has 1 aromatic heterocycles. The van der Waals surface area contributed by atoms with Crippen LogP contribution in [0, 0.1) is 0 Å². The summed E-state index contributed by atoms with van der Waals surface area (Å²) in [4.78, 5) is 2.71. The van der Waals surface area contributed by atoms with Gasteiger partial charge in [-0.1, -0.05) is 93.6 Å². The molecule has 0 nitrogen and oxygen atoms in total. The van der Waals surface area contributed by atoms with E-state index in [9.17, 15) is 0 Å². The van der Waals surface area contributed by atoms with Crippen LogP contribution in [0.4, 0.5) is 0 Å². The molecule has 0 bridgehead atoms. The first-order valence-corrected chi connectivity index (χ1v) is 11.4. The maximum atomic E-state index is 2.41.